The Hall–Kier alpha value is -2.80. The van der Waals surface area contributed by atoms with Gasteiger partial charge in [-0.3, -0.25) is 4.79 Å². The molecule has 138 valence electrons. The molecule has 1 amide bonds. The number of esters is 1. The Morgan fingerprint density at radius 1 is 1.23 bits per heavy atom. The van der Waals surface area contributed by atoms with Crippen molar-refractivity contribution in [3.63, 3.8) is 0 Å². The van der Waals surface area contributed by atoms with Gasteiger partial charge >= 0.3 is 5.97 Å². The van der Waals surface area contributed by atoms with E-state index in [1.807, 2.05) is 0 Å². The van der Waals surface area contributed by atoms with Crippen LogP contribution in [0.15, 0.2) is 42.5 Å². The number of carbonyl (C=O) groups excluding carboxylic acids is 2. The molecule has 0 aromatic heterocycles. The second-order valence-electron chi connectivity index (χ2n) is 5.21. The van der Waals surface area contributed by atoms with Gasteiger partial charge in [0.15, 0.2) is 12.7 Å². The number of anilines is 1. The van der Waals surface area contributed by atoms with E-state index in [2.05, 4.69) is 5.32 Å². The van der Waals surface area contributed by atoms with Crippen LogP contribution in [-0.2, 0) is 14.3 Å². The normalized spacial score (nSPS) is 11.4. The molecule has 0 radical (unpaired) electrons. The molecule has 0 saturated carbocycles. The predicted molar refractivity (Wildman–Crippen MR) is 94.1 cm³/mol. The van der Waals surface area contributed by atoms with E-state index in [1.54, 1.807) is 12.1 Å². The number of methoxy groups -OCH3 is 1. The third-order valence-electron chi connectivity index (χ3n) is 3.25. The van der Waals surface area contributed by atoms with E-state index in [0.717, 1.165) is 6.07 Å². The summed E-state index contributed by atoms with van der Waals surface area (Å²) < 4.78 is 28.3. The minimum atomic E-state index is -1.08. The van der Waals surface area contributed by atoms with Crippen LogP contribution in [0.4, 0.5) is 10.1 Å². The lowest BCUT2D eigenvalue weighted by Gasteiger charge is -2.15. The van der Waals surface area contributed by atoms with Crippen molar-refractivity contribution in [2.24, 2.45) is 0 Å². The molecule has 1 N–H and O–H groups in total. The molecule has 0 spiro atoms. The van der Waals surface area contributed by atoms with Crippen LogP contribution in [0.1, 0.15) is 6.92 Å². The van der Waals surface area contributed by atoms with E-state index in [9.17, 15) is 14.0 Å². The molecule has 1 atom stereocenters. The van der Waals surface area contributed by atoms with Gasteiger partial charge in [0.25, 0.3) is 5.91 Å². The Labute approximate surface area is 154 Å². The average molecular weight is 382 g/mol. The van der Waals surface area contributed by atoms with Crippen LogP contribution in [0.2, 0.25) is 5.02 Å². The Kier molecular flexibility index (Phi) is 6.80. The third-order valence-corrected chi connectivity index (χ3v) is 3.48. The minimum absolute atomic E-state index is 0.183. The van der Waals surface area contributed by atoms with Gasteiger partial charge in [-0.25, -0.2) is 9.18 Å². The van der Waals surface area contributed by atoms with Crippen molar-refractivity contribution >= 4 is 29.2 Å². The molecule has 8 heteroatoms. The number of hydrogen-bond acceptors (Lipinski definition) is 5. The van der Waals surface area contributed by atoms with Crippen molar-refractivity contribution in [1.82, 2.24) is 0 Å². The zero-order valence-electron chi connectivity index (χ0n) is 14.1. The van der Waals surface area contributed by atoms with Crippen LogP contribution < -0.4 is 14.8 Å². The molecule has 0 fully saturated rings. The highest BCUT2D eigenvalue weighted by atomic mass is 35.5. The zero-order valence-corrected chi connectivity index (χ0v) is 14.9. The summed E-state index contributed by atoms with van der Waals surface area (Å²) in [5.41, 5.74) is 0.351. The fraction of sp³-hybridized carbons (Fsp3) is 0.222. The molecule has 0 aliphatic rings. The molecule has 2 aromatic carbocycles. The van der Waals surface area contributed by atoms with Crippen molar-refractivity contribution in [1.29, 1.82) is 0 Å². The van der Waals surface area contributed by atoms with Crippen molar-refractivity contribution in [3.05, 3.63) is 53.3 Å². The molecule has 0 saturated heterocycles. The first-order valence-corrected chi connectivity index (χ1v) is 7.99. The summed E-state index contributed by atoms with van der Waals surface area (Å²) in [5.74, 6) is -1.22. The summed E-state index contributed by atoms with van der Waals surface area (Å²) in [5, 5.41) is 2.98. The summed E-state index contributed by atoms with van der Waals surface area (Å²) in [7, 11) is 1.45. The second-order valence-corrected chi connectivity index (χ2v) is 5.65. The fourth-order valence-corrected chi connectivity index (χ4v) is 2.17. The van der Waals surface area contributed by atoms with Gasteiger partial charge in [-0.2, -0.15) is 0 Å². The Balaban J connectivity index is 1.88. The topological polar surface area (TPSA) is 73.9 Å². The molecule has 0 aliphatic heterocycles. The molecule has 6 nitrogen and oxygen atoms in total. The number of ether oxygens (including phenoxy) is 3. The average Bonchev–Trinajstić information content (AvgIpc) is 2.60. The van der Waals surface area contributed by atoms with Crippen LogP contribution in [0.5, 0.6) is 11.5 Å². The molecule has 26 heavy (non-hydrogen) atoms. The third kappa shape index (κ3) is 5.63. The standard InChI is InChI=1S/C18H17ClFNO5/c1-11(18(23)21-15-8-12(19)6-7-16(15)24-2)26-17(22)10-25-14-5-3-4-13(20)9-14/h3-9,11H,10H2,1-2H3,(H,21,23)/t11-/m1/s1. The first-order chi connectivity index (χ1) is 12.4. The van der Waals surface area contributed by atoms with Crippen molar-refractivity contribution in [2.75, 3.05) is 19.0 Å². The van der Waals surface area contributed by atoms with E-state index < -0.39 is 30.4 Å². The van der Waals surface area contributed by atoms with Gasteiger partial charge < -0.3 is 19.5 Å². The summed E-state index contributed by atoms with van der Waals surface area (Å²) in [4.78, 5) is 23.9. The van der Waals surface area contributed by atoms with Gasteiger partial charge in [-0.05, 0) is 37.3 Å². The van der Waals surface area contributed by atoms with Crippen LogP contribution in [0.25, 0.3) is 0 Å². The van der Waals surface area contributed by atoms with Crippen LogP contribution >= 0.6 is 11.6 Å². The fourth-order valence-electron chi connectivity index (χ4n) is 2.00. The quantitative estimate of drug-likeness (QED) is 0.744. The van der Waals surface area contributed by atoms with E-state index in [-0.39, 0.29) is 5.75 Å². The summed E-state index contributed by atoms with van der Waals surface area (Å²) in [6.45, 7) is 0.952. The van der Waals surface area contributed by atoms with Gasteiger partial charge in [-0.15, -0.1) is 0 Å². The Bertz CT molecular complexity index is 799. The number of benzene rings is 2. The minimum Gasteiger partial charge on any atom is -0.495 e. The summed E-state index contributed by atoms with van der Waals surface area (Å²) >= 11 is 5.90. The van der Waals surface area contributed by atoms with Crippen LogP contribution in [-0.4, -0.2) is 31.7 Å². The van der Waals surface area contributed by atoms with Crippen LogP contribution in [0.3, 0.4) is 0 Å². The largest absolute Gasteiger partial charge is 0.495 e. The van der Waals surface area contributed by atoms with Gasteiger partial charge in [0.2, 0.25) is 0 Å². The van der Waals surface area contributed by atoms with E-state index in [0.29, 0.717) is 16.5 Å². The second kappa shape index (κ2) is 9.05. The lowest BCUT2D eigenvalue weighted by atomic mass is 10.2. The SMILES string of the molecule is COc1ccc(Cl)cc1NC(=O)[C@@H](C)OC(=O)COc1cccc(F)c1. The number of hydrogen-bond donors (Lipinski definition) is 1. The highest BCUT2D eigenvalue weighted by Crippen LogP contribution is 2.27. The lowest BCUT2D eigenvalue weighted by Crippen LogP contribution is -2.31. The van der Waals surface area contributed by atoms with Gasteiger partial charge in [0, 0.05) is 11.1 Å². The molecule has 0 unspecified atom stereocenters. The molecule has 2 rings (SSSR count). The number of halogens is 2. The first-order valence-electron chi connectivity index (χ1n) is 7.61. The maximum absolute atomic E-state index is 13.0. The summed E-state index contributed by atoms with van der Waals surface area (Å²) in [6, 6.07) is 10.1. The molecular formula is C18H17ClFNO5. The maximum atomic E-state index is 13.0. The maximum Gasteiger partial charge on any atom is 0.344 e. The van der Waals surface area contributed by atoms with Crippen LogP contribution in [0, 0.1) is 5.82 Å². The molecule has 0 heterocycles. The van der Waals surface area contributed by atoms with Crippen molar-refractivity contribution in [3.8, 4) is 11.5 Å². The molecule has 2 aromatic rings. The van der Waals surface area contributed by atoms with E-state index in [1.165, 1.54) is 38.3 Å². The smallest absolute Gasteiger partial charge is 0.344 e. The van der Waals surface area contributed by atoms with E-state index in [4.69, 9.17) is 25.8 Å². The zero-order chi connectivity index (χ0) is 19.1. The van der Waals surface area contributed by atoms with Crippen molar-refractivity contribution < 1.29 is 28.2 Å². The van der Waals surface area contributed by atoms with E-state index >= 15 is 0 Å². The lowest BCUT2D eigenvalue weighted by molar-refractivity contribution is -0.155. The molecular weight excluding hydrogens is 365 g/mol. The number of rotatable bonds is 7. The van der Waals surface area contributed by atoms with Gasteiger partial charge in [-0.1, -0.05) is 17.7 Å². The monoisotopic (exact) mass is 381 g/mol. The Morgan fingerprint density at radius 2 is 2.00 bits per heavy atom. The number of carbonyl (C=O) groups is 2. The number of amides is 1. The van der Waals surface area contributed by atoms with Crippen molar-refractivity contribution in [2.45, 2.75) is 13.0 Å². The predicted octanol–water partition coefficient (Wildman–Crippen LogP) is 3.44. The molecule has 0 aliphatic carbocycles. The highest BCUT2D eigenvalue weighted by molar-refractivity contribution is 6.31. The Morgan fingerprint density at radius 3 is 2.69 bits per heavy atom. The summed E-state index contributed by atoms with van der Waals surface area (Å²) in [6.07, 6.45) is -1.08. The molecule has 0 bridgehead atoms. The first kappa shape index (κ1) is 19.5. The van der Waals surface area contributed by atoms with Gasteiger partial charge in [0.1, 0.15) is 17.3 Å². The number of nitrogens with one attached hydrogen (secondary N) is 1. The van der Waals surface area contributed by atoms with Gasteiger partial charge in [0.05, 0.1) is 12.8 Å². The highest BCUT2D eigenvalue weighted by Gasteiger charge is 2.19.